The van der Waals surface area contributed by atoms with Crippen LogP contribution in [0.25, 0.3) is 0 Å². The van der Waals surface area contributed by atoms with Crippen molar-refractivity contribution >= 4 is 0 Å². The lowest BCUT2D eigenvalue weighted by molar-refractivity contribution is 0.311. The van der Waals surface area contributed by atoms with E-state index in [4.69, 9.17) is 0 Å². The first kappa shape index (κ1) is 7.00. The molecule has 3 atom stereocenters. The molecule has 0 spiro atoms. The zero-order valence-electron chi connectivity index (χ0n) is 6.02. The molecule has 0 aromatic rings. The lowest BCUT2D eigenvalue weighted by atomic mass is 10.1. The molecule has 9 heavy (non-hydrogen) atoms. The highest BCUT2D eigenvalue weighted by atomic mass is 19.1. The van der Waals surface area contributed by atoms with Gasteiger partial charge in [-0.2, -0.15) is 0 Å². The zero-order valence-corrected chi connectivity index (χ0v) is 6.02. The van der Waals surface area contributed by atoms with E-state index in [2.05, 4.69) is 12.2 Å². The normalized spacial score (nSPS) is 43.7. The molecule has 0 radical (unpaired) electrons. The van der Waals surface area contributed by atoms with Gasteiger partial charge in [-0.05, 0) is 19.8 Å². The zero-order chi connectivity index (χ0) is 6.85. The Balaban J connectivity index is 2.35. The fraction of sp³-hybridized carbons (Fsp3) is 1.00. The van der Waals surface area contributed by atoms with Gasteiger partial charge in [-0.1, -0.05) is 6.92 Å². The summed E-state index contributed by atoms with van der Waals surface area (Å²) in [6.07, 6.45) is 1.14. The van der Waals surface area contributed by atoms with Crippen molar-refractivity contribution in [2.45, 2.75) is 44.9 Å². The first-order valence-electron chi connectivity index (χ1n) is 3.64. The SMILES string of the molecule is CCC1CC(F)[C@H](C)N1. The van der Waals surface area contributed by atoms with Crippen LogP contribution in [0.1, 0.15) is 26.7 Å². The van der Waals surface area contributed by atoms with Gasteiger partial charge in [0.15, 0.2) is 0 Å². The average molecular weight is 131 g/mol. The minimum Gasteiger partial charge on any atom is -0.309 e. The van der Waals surface area contributed by atoms with Crippen LogP contribution in [-0.4, -0.2) is 18.3 Å². The highest BCUT2D eigenvalue weighted by Crippen LogP contribution is 2.17. The first-order chi connectivity index (χ1) is 4.24. The Morgan fingerprint density at radius 2 is 2.33 bits per heavy atom. The third-order valence-corrected chi connectivity index (χ3v) is 2.04. The van der Waals surface area contributed by atoms with Crippen LogP contribution in [-0.2, 0) is 0 Å². The van der Waals surface area contributed by atoms with Crippen LogP contribution in [0.5, 0.6) is 0 Å². The molecule has 0 aromatic carbocycles. The lowest BCUT2D eigenvalue weighted by Crippen LogP contribution is -2.28. The number of alkyl halides is 1. The van der Waals surface area contributed by atoms with Gasteiger partial charge in [0.25, 0.3) is 0 Å². The van der Waals surface area contributed by atoms with Gasteiger partial charge in [0.1, 0.15) is 6.17 Å². The Kier molecular flexibility index (Phi) is 2.06. The van der Waals surface area contributed by atoms with Crippen molar-refractivity contribution in [2.24, 2.45) is 0 Å². The molecular formula is C7H14FN. The van der Waals surface area contributed by atoms with Crippen LogP contribution in [0.2, 0.25) is 0 Å². The number of hydrogen-bond donors (Lipinski definition) is 1. The summed E-state index contributed by atoms with van der Waals surface area (Å²) in [4.78, 5) is 0. The van der Waals surface area contributed by atoms with Gasteiger partial charge < -0.3 is 5.32 Å². The summed E-state index contributed by atoms with van der Waals surface area (Å²) in [5.41, 5.74) is 0. The Bertz CT molecular complexity index is 84.9. The van der Waals surface area contributed by atoms with E-state index in [0.717, 1.165) is 6.42 Å². The highest BCUT2D eigenvalue weighted by molar-refractivity contribution is 4.87. The summed E-state index contributed by atoms with van der Waals surface area (Å²) in [5.74, 6) is 0. The summed E-state index contributed by atoms with van der Waals surface area (Å²) in [5, 5.41) is 3.18. The molecule has 0 bridgehead atoms. The topological polar surface area (TPSA) is 12.0 Å². The maximum Gasteiger partial charge on any atom is 0.117 e. The van der Waals surface area contributed by atoms with Crippen molar-refractivity contribution in [2.75, 3.05) is 0 Å². The highest BCUT2D eigenvalue weighted by Gasteiger charge is 2.28. The second-order valence-corrected chi connectivity index (χ2v) is 2.81. The van der Waals surface area contributed by atoms with Crippen molar-refractivity contribution < 1.29 is 4.39 Å². The van der Waals surface area contributed by atoms with Gasteiger partial charge >= 0.3 is 0 Å². The maximum absolute atomic E-state index is 12.7. The van der Waals surface area contributed by atoms with Crippen LogP contribution in [0.3, 0.4) is 0 Å². The van der Waals surface area contributed by atoms with Crippen molar-refractivity contribution in [1.82, 2.24) is 5.32 Å². The summed E-state index contributed by atoms with van der Waals surface area (Å²) < 4.78 is 12.7. The molecule has 2 unspecified atom stereocenters. The van der Waals surface area contributed by atoms with Crippen LogP contribution >= 0.6 is 0 Å². The molecule has 0 saturated carbocycles. The monoisotopic (exact) mass is 131 g/mol. The summed E-state index contributed by atoms with van der Waals surface area (Å²) in [7, 11) is 0. The molecule has 1 aliphatic heterocycles. The Morgan fingerprint density at radius 1 is 1.67 bits per heavy atom. The molecule has 1 N–H and O–H groups in total. The van der Waals surface area contributed by atoms with Gasteiger partial charge in [0.05, 0.1) is 0 Å². The molecule has 0 amide bonds. The van der Waals surface area contributed by atoms with E-state index in [1.165, 1.54) is 0 Å². The quantitative estimate of drug-likeness (QED) is 0.568. The largest absolute Gasteiger partial charge is 0.309 e. The second kappa shape index (κ2) is 2.65. The first-order valence-corrected chi connectivity index (χ1v) is 3.64. The van der Waals surface area contributed by atoms with Crippen LogP contribution in [0.4, 0.5) is 4.39 Å². The van der Waals surface area contributed by atoms with Crippen molar-refractivity contribution in [3.63, 3.8) is 0 Å². The van der Waals surface area contributed by atoms with E-state index in [1.54, 1.807) is 0 Å². The van der Waals surface area contributed by atoms with Crippen LogP contribution < -0.4 is 5.32 Å². The van der Waals surface area contributed by atoms with E-state index < -0.39 is 6.17 Å². The van der Waals surface area contributed by atoms with E-state index >= 15 is 0 Å². The number of hydrogen-bond acceptors (Lipinski definition) is 1. The fourth-order valence-corrected chi connectivity index (χ4v) is 1.30. The van der Waals surface area contributed by atoms with E-state index in [9.17, 15) is 4.39 Å². The third kappa shape index (κ3) is 1.42. The van der Waals surface area contributed by atoms with Crippen molar-refractivity contribution in [3.8, 4) is 0 Å². The summed E-state index contributed by atoms with van der Waals surface area (Å²) in [6, 6.07) is 0.505. The molecule has 0 aromatic heterocycles. The van der Waals surface area contributed by atoms with Crippen molar-refractivity contribution in [1.29, 1.82) is 0 Å². The van der Waals surface area contributed by atoms with Gasteiger partial charge in [-0.15, -0.1) is 0 Å². The van der Waals surface area contributed by atoms with Crippen molar-refractivity contribution in [3.05, 3.63) is 0 Å². The van der Waals surface area contributed by atoms with Crippen LogP contribution in [0.15, 0.2) is 0 Å². The molecule has 1 heterocycles. The van der Waals surface area contributed by atoms with Gasteiger partial charge in [-0.3, -0.25) is 0 Å². The van der Waals surface area contributed by atoms with E-state index in [-0.39, 0.29) is 6.04 Å². The standard InChI is InChI=1S/C7H14FN/c1-3-6-4-7(8)5(2)9-6/h5-7,9H,3-4H2,1-2H3/t5-,6?,7?/m0/s1. The molecule has 1 saturated heterocycles. The summed E-state index contributed by atoms with van der Waals surface area (Å²) in [6.45, 7) is 3.99. The Hall–Kier alpha value is -0.110. The number of nitrogens with one attached hydrogen (secondary N) is 1. The minimum absolute atomic E-state index is 0.0787. The predicted octanol–water partition coefficient (Wildman–Crippen LogP) is 1.48. The molecule has 1 nitrogen and oxygen atoms in total. The number of rotatable bonds is 1. The van der Waals surface area contributed by atoms with Gasteiger partial charge in [0.2, 0.25) is 0 Å². The van der Waals surface area contributed by atoms with E-state index in [0.29, 0.717) is 12.5 Å². The van der Waals surface area contributed by atoms with Crippen LogP contribution in [0, 0.1) is 0 Å². The molecule has 1 fully saturated rings. The maximum atomic E-state index is 12.7. The smallest absolute Gasteiger partial charge is 0.117 e. The fourth-order valence-electron chi connectivity index (χ4n) is 1.30. The number of halogens is 1. The second-order valence-electron chi connectivity index (χ2n) is 2.81. The molecule has 54 valence electrons. The molecular weight excluding hydrogens is 117 g/mol. The Morgan fingerprint density at radius 3 is 2.56 bits per heavy atom. The van der Waals surface area contributed by atoms with Gasteiger partial charge in [-0.25, -0.2) is 4.39 Å². The predicted molar refractivity (Wildman–Crippen MR) is 36.2 cm³/mol. The molecule has 2 heteroatoms. The van der Waals surface area contributed by atoms with E-state index in [1.807, 2.05) is 6.92 Å². The molecule has 1 aliphatic rings. The summed E-state index contributed by atoms with van der Waals surface area (Å²) >= 11 is 0. The third-order valence-electron chi connectivity index (χ3n) is 2.04. The lowest BCUT2D eigenvalue weighted by Gasteiger charge is -2.06. The Labute approximate surface area is 55.6 Å². The van der Waals surface area contributed by atoms with Gasteiger partial charge in [0, 0.05) is 12.1 Å². The minimum atomic E-state index is -0.616. The molecule has 1 rings (SSSR count). The molecule has 0 aliphatic carbocycles. The average Bonchev–Trinajstić information content (AvgIpc) is 2.13.